The Kier molecular flexibility index (Phi) is 1.55. The highest BCUT2D eigenvalue weighted by Gasteiger charge is 2.09. The van der Waals surface area contributed by atoms with E-state index >= 15 is 0 Å². The Morgan fingerprint density at radius 3 is 2.82 bits per heavy atom. The number of rotatable bonds is 1. The third-order valence-electron chi connectivity index (χ3n) is 2.23. The highest BCUT2D eigenvalue weighted by Crippen LogP contribution is 2.24. The van der Waals surface area contributed by atoms with E-state index in [0.717, 1.165) is 12.1 Å². The molecule has 2 rings (SSSR count). The SMILES string of the molecule is ONc1ccc2c(c1)CCC2. The highest BCUT2D eigenvalue weighted by molar-refractivity contribution is 5.48. The number of hydrogen-bond acceptors (Lipinski definition) is 2. The van der Waals surface area contributed by atoms with Gasteiger partial charge >= 0.3 is 0 Å². The second-order valence-corrected chi connectivity index (χ2v) is 2.95. The van der Waals surface area contributed by atoms with Gasteiger partial charge in [-0.05, 0) is 42.5 Å². The van der Waals surface area contributed by atoms with Gasteiger partial charge in [-0.25, -0.2) is 0 Å². The molecule has 2 nitrogen and oxygen atoms in total. The average molecular weight is 149 g/mol. The Balaban J connectivity index is 2.41. The van der Waals surface area contributed by atoms with E-state index < -0.39 is 0 Å². The minimum absolute atomic E-state index is 0.797. The first-order valence-electron chi connectivity index (χ1n) is 3.92. The second-order valence-electron chi connectivity index (χ2n) is 2.95. The minimum atomic E-state index is 0.797. The van der Waals surface area contributed by atoms with Crippen LogP contribution in [0.3, 0.4) is 0 Å². The van der Waals surface area contributed by atoms with Crippen molar-refractivity contribution < 1.29 is 5.21 Å². The molecule has 0 bridgehead atoms. The lowest BCUT2D eigenvalue weighted by Gasteiger charge is -2.01. The molecule has 1 aromatic rings. The average Bonchev–Trinajstić information content (AvgIpc) is 2.50. The van der Waals surface area contributed by atoms with Crippen molar-refractivity contribution in [3.63, 3.8) is 0 Å². The molecule has 0 atom stereocenters. The molecule has 0 radical (unpaired) electrons. The number of nitrogens with one attached hydrogen (secondary N) is 1. The third kappa shape index (κ3) is 1.10. The highest BCUT2D eigenvalue weighted by atomic mass is 16.5. The summed E-state index contributed by atoms with van der Waals surface area (Å²) in [6, 6.07) is 6.01. The fourth-order valence-corrected chi connectivity index (χ4v) is 1.64. The lowest BCUT2D eigenvalue weighted by atomic mass is 10.1. The van der Waals surface area contributed by atoms with Gasteiger partial charge in [-0.15, -0.1) is 0 Å². The van der Waals surface area contributed by atoms with Crippen molar-refractivity contribution in [3.8, 4) is 0 Å². The Labute approximate surface area is 65.8 Å². The van der Waals surface area contributed by atoms with Crippen molar-refractivity contribution in [2.75, 3.05) is 5.48 Å². The molecule has 0 aromatic heterocycles. The van der Waals surface area contributed by atoms with Crippen molar-refractivity contribution in [1.29, 1.82) is 0 Å². The molecular formula is C9H11NO. The van der Waals surface area contributed by atoms with Gasteiger partial charge in [-0.3, -0.25) is 10.7 Å². The van der Waals surface area contributed by atoms with Crippen LogP contribution in [-0.4, -0.2) is 5.21 Å². The van der Waals surface area contributed by atoms with Crippen molar-refractivity contribution in [2.45, 2.75) is 19.3 Å². The summed E-state index contributed by atoms with van der Waals surface area (Å²) in [5.41, 5.74) is 5.77. The van der Waals surface area contributed by atoms with Gasteiger partial charge in [-0.2, -0.15) is 0 Å². The molecule has 58 valence electrons. The lowest BCUT2D eigenvalue weighted by Crippen LogP contribution is -1.90. The van der Waals surface area contributed by atoms with Gasteiger partial charge in [-0.1, -0.05) is 6.07 Å². The molecule has 2 heteroatoms. The van der Waals surface area contributed by atoms with Crippen molar-refractivity contribution in [1.82, 2.24) is 0 Å². The molecule has 1 aliphatic rings. The summed E-state index contributed by atoms with van der Waals surface area (Å²) in [6.07, 6.45) is 3.61. The predicted octanol–water partition coefficient (Wildman–Crippen LogP) is 1.98. The Hall–Kier alpha value is -1.02. The zero-order valence-corrected chi connectivity index (χ0v) is 6.30. The quantitative estimate of drug-likeness (QED) is 0.598. The van der Waals surface area contributed by atoms with E-state index in [1.807, 2.05) is 12.1 Å². The molecule has 1 aliphatic carbocycles. The van der Waals surface area contributed by atoms with Crippen LogP contribution in [0.2, 0.25) is 0 Å². The minimum Gasteiger partial charge on any atom is -0.291 e. The zero-order chi connectivity index (χ0) is 7.68. The molecule has 0 heterocycles. The summed E-state index contributed by atoms with van der Waals surface area (Å²) in [5, 5.41) is 8.62. The van der Waals surface area contributed by atoms with E-state index in [9.17, 15) is 0 Å². The maximum absolute atomic E-state index is 8.62. The first kappa shape index (κ1) is 6.68. The van der Waals surface area contributed by atoms with Crippen LogP contribution in [-0.2, 0) is 12.8 Å². The molecule has 0 saturated heterocycles. The van der Waals surface area contributed by atoms with Crippen molar-refractivity contribution in [3.05, 3.63) is 29.3 Å². The summed E-state index contributed by atoms with van der Waals surface area (Å²) >= 11 is 0. The van der Waals surface area contributed by atoms with E-state index in [4.69, 9.17) is 5.21 Å². The number of fused-ring (bicyclic) bond motifs is 1. The van der Waals surface area contributed by atoms with Gasteiger partial charge in [0.25, 0.3) is 0 Å². The van der Waals surface area contributed by atoms with Gasteiger partial charge < -0.3 is 0 Å². The summed E-state index contributed by atoms with van der Waals surface area (Å²) in [6.45, 7) is 0. The van der Waals surface area contributed by atoms with Crippen LogP contribution >= 0.6 is 0 Å². The molecule has 0 unspecified atom stereocenters. The standard InChI is InChI=1S/C9H11NO/c11-10-9-5-4-7-2-1-3-8(7)6-9/h4-6,10-11H,1-3H2. The zero-order valence-electron chi connectivity index (χ0n) is 6.30. The van der Waals surface area contributed by atoms with Gasteiger partial charge in [0, 0.05) is 0 Å². The Morgan fingerprint density at radius 1 is 1.18 bits per heavy atom. The molecular weight excluding hydrogens is 138 g/mol. The van der Waals surface area contributed by atoms with Crippen LogP contribution in [0, 0.1) is 0 Å². The molecule has 0 saturated carbocycles. The summed E-state index contributed by atoms with van der Waals surface area (Å²) in [4.78, 5) is 0. The van der Waals surface area contributed by atoms with Crippen molar-refractivity contribution in [2.24, 2.45) is 0 Å². The second kappa shape index (κ2) is 2.55. The van der Waals surface area contributed by atoms with Gasteiger partial charge in [0.2, 0.25) is 0 Å². The van der Waals surface area contributed by atoms with E-state index in [1.54, 1.807) is 0 Å². The topological polar surface area (TPSA) is 32.3 Å². The van der Waals surface area contributed by atoms with Crippen LogP contribution in [0.4, 0.5) is 5.69 Å². The molecule has 1 aromatic carbocycles. The fourth-order valence-electron chi connectivity index (χ4n) is 1.64. The normalized spacial score (nSPS) is 14.6. The summed E-state index contributed by atoms with van der Waals surface area (Å²) < 4.78 is 0. The third-order valence-corrected chi connectivity index (χ3v) is 2.23. The molecule has 11 heavy (non-hydrogen) atoms. The van der Waals surface area contributed by atoms with Gasteiger partial charge in [0.15, 0.2) is 0 Å². The Morgan fingerprint density at radius 2 is 2.00 bits per heavy atom. The van der Waals surface area contributed by atoms with Crippen LogP contribution in [0.5, 0.6) is 0 Å². The van der Waals surface area contributed by atoms with E-state index in [2.05, 4.69) is 11.5 Å². The number of aryl methyl sites for hydroxylation is 2. The van der Waals surface area contributed by atoms with E-state index in [0.29, 0.717) is 0 Å². The number of benzene rings is 1. The van der Waals surface area contributed by atoms with E-state index in [-0.39, 0.29) is 0 Å². The van der Waals surface area contributed by atoms with Gasteiger partial charge in [0.1, 0.15) is 0 Å². The lowest BCUT2D eigenvalue weighted by molar-refractivity contribution is 0.389. The summed E-state index contributed by atoms with van der Waals surface area (Å²) in [7, 11) is 0. The fraction of sp³-hybridized carbons (Fsp3) is 0.333. The van der Waals surface area contributed by atoms with Crippen molar-refractivity contribution >= 4 is 5.69 Å². The maximum Gasteiger partial charge on any atom is 0.0605 e. The van der Waals surface area contributed by atoms with Crippen LogP contribution in [0.1, 0.15) is 17.5 Å². The molecule has 2 N–H and O–H groups in total. The Bertz CT molecular complexity index is 270. The molecule has 0 aliphatic heterocycles. The van der Waals surface area contributed by atoms with Crippen LogP contribution < -0.4 is 5.48 Å². The van der Waals surface area contributed by atoms with E-state index in [1.165, 1.54) is 24.0 Å². The predicted molar refractivity (Wildman–Crippen MR) is 43.9 cm³/mol. The molecule has 0 spiro atoms. The number of anilines is 1. The first-order chi connectivity index (χ1) is 5.40. The van der Waals surface area contributed by atoms with Gasteiger partial charge in [0.05, 0.1) is 5.69 Å². The van der Waals surface area contributed by atoms with Crippen LogP contribution in [0.25, 0.3) is 0 Å². The number of hydrogen-bond donors (Lipinski definition) is 2. The van der Waals surface area contributed by atoms with Crippen LogP contribution in [0.15, 0.2) is 18.2 Å². The monoisotopic (exact) mass is 149 g/mol. The molecule has 0 fully saturated rings. The largest absolute Gasteiger partial charge is 0.291 e. The molecule has 0 amide bonds. The first-order valence-corrected chi connectivity index (χ1v) is 3.92. The summed E-state index contributed by atoms with van der Waals surface area (Å²) in [5.74, 6) is 0. The smallest absolute Gasteiger partial charge is 0.0605 e. The maximum atomic E-state index is 8.62.